The molecule has 118 valence electrons. The summed E-state index contributed by atoms with van der Waals surface area (Å²) in [5.74, 6) is -0.287. The fourth-order valence-corrected chi connectivity index (χ4v) is 2.30. The van der Waals surface area contributed by atoms with E-state index in [0.717, 1.165) is 11.3 Å². The highest BCUT2D eigenvalue weighted by Crippen LogP contribution is 2.12. The molecule has 0 spiro atoms. The lowest BCUT2D eigenvalue weighted by molar-refractivity contribution is -0.146. The van der Waals surface area contributed by atoms with Gasteiger partial charge in [-0.05, 0) is 17.7 Å². The first-order valence-electron chi connectivity index (χ1n) is 7.11. The van der Waals surface area contributed by atoms with Crippen molar-refractivity contribution in [1.29, 1.82) is 0 Å². The van der Waals surface area contributed by atoms with Crippen molar-refractivity contribution < 1.29 is 19.4 Å². The largest absolute Gasteiger partial charge is 0.497 e. The van der Waals surface area contributed by atoms with E-state index < -0.39 is 5.97 Å². The summed E-state index contributed by atoms with van der Waals surface area (Å²) in [7, 11) is 1.63. The average molecular weight is 304 g/mol. The van der Waals surface area contributed by atoms with Gasteiger partial charge in [-0.25, -0.2) is 0 Å². The van der Waals surface area contributed by atoms with Gasteiger partial charge < -0.3 is 14.7 Å². The third kappa shape index (κ3) is 4.60. The molecule has 1 fully saturated rings. The molecule has 1 aliphatic heterocycles. The van der Waals surface area contributed by atoms with Gasteiger partial charge >= 0.3 is 5.97 Å². The topological polar surface area (TPSA) is 70.1 Å². The molecular weight excluding hydrogens is 284 g/mol. The number of aliphatic carboxylic acids is 1. The molecule has 0 aliphatic carbocycles. The number of ether oxygens (including phenoxy) is 1. The summed E-state index contributed by atoms with van der Waals surface area (Å²) in [5, 5.41) is 8.73. The summed E-state index contributed by atoms with van der Waals surface area (Å²) in [6.07, 6.45) is 4.00. The van der Waals surface area contributed by atoms with E-state index in [1.165, 1.54) is 4.90 Å². The SMILES string of the molecule is COc1ccc(/C=C/CN2CCN(CC(=O)O)C(=O)C2)cc1. The van der Waals surface area contributed by atoms with Crippen LogP contribution in [0.15, 0.2) is 30.3 Å². The molecular formula is C16H20N2O4. The highest BCUT2D eigenvalue weighted by Gasteiger charge is 2.24. The first-order chi connectivity index (χ1) is 10.6. The number of carboxylic acids is 1. The number of carboxylic acid groups (broad SMARTS) is 1. The molecule has 6 heteroatoms. The second kappa shape index (κ2) is 7.61. The van der Waals surface area contributed by atoms with Gasteiger partial charge in [-0.1, -0.05) is 24.3 Å². The zero-order chi connectivity index (χ0) is 15.9. The van der Waals surface area contributed by atoms with Crippen LogP contribution in [0.25, 0.3) is 6.08 Å². The number of carbonyl (C=O) groups excluding carboxylic acids is 1. The van der Waals surface area contributed by atoms with Crippen molar-refractivity contribution in [2.24, 2.45) is 0 Å². The summed E-state index contributed by atoms with van der Waals surface area (Å²) >= 11 is 0. The Kier molecular flexibility index (Phi) is 5.55. The lowest BCUT2D eigenvalue weighted by Gasteiger charge is -2.32. The van der Waals surface area contributed by atoms with Gasteiger partial charge in [-0.2, -0.15) is 0 Å². The van der Waals surface area contributed by atoms with Crippen molar-refractivity contribution in [2.75, 3.05) is 39.8 Å². The van der Waals surface area contributed by atoms with Crippen LogP contribution in [0.4, 0.5) is 0 Å². The molecule has 0 aromatic heterocycles. The van der Waals surface area contributed by atoms with E-state index in [0.29, 0.717) is 19.6 Å². The third-order valence-corrected chi connectivity index (χ3v) is 3.51. The molecule has 6 nitrogen and oxygen atoms in total. The molecule has 2 rings (SSSR count). The van der Waals surface area contributed by atoms with Crippen LogP contribution in [0.2, 0.25) is 0 Å². The Labute approximate surface area is 129 Å². The molecule has 1 saturated heterocycles. The number of benzene rings is 1. The minimum absolute atomic E-state index is 0.133. The van der Waals surface area contributed by atoms with Crippen LogP contribution in [0, 0.1) is 0 Å². The molecule has 1 amide bonds. The van der Waals surface area contributed by atoms with Gasteiger partial charge in [0, 0.05) is 19.6 Å². The Morgan fingerprint density at radius 3 is 2.64 bits per heavy atom. The molecule has 1 N–H and O–H groups in total. The van der Waals surface area contributed by atoms with Gasteiger partial charge in [0.15, 0.2) is 0 Å². The van der Waals surface area contributed by atoms with Gasteiger partial charge in [0.05, 0.1) is 13.7 Å². The zero-order valence-electron chi connectivity index (χ0n) is 12.6. The molecule has 1 aliphatic rings. The molecule has 0 saturated carbocycles. The number of hydrogen-bond acceptors (Lipinski definition) is 4. The summed E-state index contributed by atoms with van der Waals surface area (Å²) in [4.78, 5) is 25.9. The summed E-state index contributed by atoms with van der Waals surface area (Å²) in [6, 6.07) is 7.72. The Morgan fingerprint density at radius 1 is 1.32 bits per heavy atom. The van der Waals surface area contributed by atoms with Gasteiger partial charge in [0.2, 0.25) is 5.91 Å². The van der Waals surface area contributed by atoms with Crippen LogP contribution < -0.4 is 4.74 Å². The molecule has 1 heterocycles. The maximum atomic E-state index is 11.8. The van der Waals surface area contributed by atoms with Gasteiger partial charge in [-0.15, -0.1) is 0 Å². The molecule has 1 aromatic rings. The number of nitrogens with zero attached hydrogens (tertiary/aromatic N) is 2. The van der Waals surface area contributed by atoms with E-state index in [4.69, 9.17) is 9.84 Å². The molecule has 0 unspecified atom stereocenters. The highest BCUT2D eigenvalue weighted by molar-refractivity contribution is 5.83. The van der Waals surface area contributed by atoms with Crippen molar-refractivity contribution >= 4 is 18.0 Å². The van der Waals surface area contributed by atoms with Crippen molar-refractivity contribution in [1.82, 2.24) is 9.80 Å². The van der Waals surface area contributed by atoms with Crippen molar-refractivity contribution in [2.45, 2.75) is 0 Å². The Balaban J connectivity index is 1.81. The Hall–Kier alpha value is -2.34. The zero-order valence-corrected chi connectivity index (χ0v) is 12.6. The van der Waals surface area contributed by atoms with E-state index in [9.17, 15) is 9.59 Å². The Morgan fingerprint density at radius 2 is 2.05 bits per heavy atom. The Bertz CT molecular complexity index is 554. The summed E-state index contributed by atoms with van der Waals surface area (Å²) in [5.41, 5.74) is 1.07. The third-order valence-electron chi connectivity index (χ3n) is 3.51. The second-order valence-electron chi connectivity index (χ2n) is 5.12. The lowest BCUT2D eigenvalue weighted by Crippen LogP contribution is -2.51. The van der Waals surface area contributed by atoms with Crippen LogP contribution in [-0.4, -0.2) is 66.6 Å². The molecule has 22 heavy (non-hydrogen) atoms. The molecule has 1 aromatic carbocycles. The van der Waals surface area contributed by atoms with Crippen molar-refractivity contribution in [3.8, 4) is 5.75 Å². The number of carbonyl (C=O) groups is 2. The van der Waals surface area contributed by atoms with Crippen molar-refractivity contribution in [3.63, 3.8) is 0 Å². The van der Waals surface area contributed by atoms with Crippen molar-refractivity contribution in [3.05, 3.63) is 35.9 Å². The molecule has 0 atom stereocenters. The van der Waals surface area contributed by atoms with E-state index in [1.807, 2.05) is 41.3 Å². The fraction of sp³-hybridized carbons (Fsp3) is 0.375. The average Bonchev–Trinajstić information content (AvgIpc) is 2.50. The first kappa shape index (κ1) is 16.0. The predicted molar refractivity (Wildman–Crippen MR) is 82.7 cm³/mol. The minimum atomic E-state index is -0.971. The fourth-order valence-electron chi connectivity index (χ4n) is 2.30. The van der Waals surface area contributed by atoms with Crippen LogP contribution in [0.3, 0.4) is 0 Å². The van der Waals surface area contributed by atoms with Gasteiger partial charge in [0.1, 0.15) is 12.3 Å². The summed E-state index contributed by atoms with van der Waals surface area (Å²) < 4.78 is 5.10. The summed E-state index contributed by atoms with van der Waals surface area (Å²) in [6.45, 7) is 1.86. The normalized spacial score (nSPS) is 16.2. The van der Waals surface area contributed by atoms with Gasteiger partial charge in [0.25, 0.3) is 0 Å². The van der Waals surface area contributed by atoms with E-state index in [2.05, 4.69) is 0 Å². The van der Waals surface area contributed by atoms with E-state index in [1.54, 1.807) is 7.11 Å². The monoisotopic (exact) mass is 304 g/mol. The first-order valence-corrected chi connectivity index (χ1v) is 7.11. The highest BCUT2D eigenvalue weighted by atomic mass is 16.5. The van der Waals surface area contributed by atoms with Crippen LogP contribution in [-0.2, 0) is 9.59 Å². The predicted octanol–water partition coefficient (Wildman–Crippen LogP) is 0.937. The van der Waals surface area contributed by atoms with Crippen LogP contribution in [0.1, 0.15) is 5.56 Å². The van der Waals surface area contributed by atoms with E-state index in [-0.39, 0.29) is 19.0 Å². The quantitative estimate of drug-likeness (QED) is 0.847. The van der Waals surface area contributed by atoms with Crippen LogP contribution >= 0.6 is 0 Å². The maximum Gasteiger partial charge on any atom is 0.323 e. The maximum absolute atomic E-state index is 11.8. The number of piperazine rings is 1. The van der Waals surface area contributed by atoms with Gasteiger partial charge in [-0.3, -0.25) is 14.5 Å². The second-order valence-corrected chi connectivity index (χ2v) is 5.12. The lowest BCUT2D eigenvalue weighted by atomic mass is 10.2. The number of rotatable bonds is 6. The standard InChI is InChI=1S/C16H20N2O4/c1-22-14-6-4-13(5-7-14)3-2-8-17-9-10-18(12-16(20)21)15(19)11-17/h2-7H,8-12H2,1H3,(H,20,21)/b3-2+. The number of methoxy groups -OCH3 is 1. The molecule has 0 radical (unpaired) electrons. The minimum Gasteiger partial charge on any atom is -0.497 e. The number of hydrogen-bond donors (Lipinski definition) is 1. The number of amides is 1. The molecule has 0 bridgehead atoms. The smallest absolute Gasteiger partial charge is 0.323 e. The van der Waals surface area contributed by atoms with Crippen LogP contribution in [0.5, 0.6) is 5.75 Å². The van der Waals surface area contributed by atoms with E-state index >= 15 is 0 Å².